The fraction of sp³-hybridized carbons (Fsp3) is 0.226. The van der Waals surface area contributed by atoms with E-state index >= 15 is 0 Å². The number of allylic oxidation sites excluding steroid dienone is 4. The molecule has 0 aliphatic heterocycles. The molecule has 0 amide bonds. The predicted molar refractivity (Wildman–Crippen MR) is 230 cm³/mol. The van der Waals surface area contributed by atoms with Gasteiger partial charge in [-0.2, -0.15) is 0 Å². The summed E-state index contributed by atoms with van der Waals surface area (Å²) in [5.74, 6) is 0. The second-order valence-corrected chi connectivity index (χ2v) is 24.4. The maximum atomic E-state index is 14.6. The Kier molecular flexibility index (Phi) is 10.8. The molecule has 0 fully saturated rings. The molecule has 7 heteroatoms. The summed E-state index contributed by atoms with van der Waals surface area (Å²) in [5.41, 5.74) is 9.27. The number of fused-ring (bicyclic) bond motifs is 3. The van der Waals surface area contributed by atoms with E-state index in [4.69, 9.17) is 0 Å². The van der Waals surface area contributed by atoms with E-state index in [9.17, 15) is 26.3 Å². The summed E-state index contributed by atoms with van der Waals surface area (Å²) in [5, 5.41) is 0. The van der Waals surface area contributed by atoms with Crippen molar-refractivity contribution in [1.29, 1.82) is 0 Å². The number of halogens is 6. The molecule has 0 nitrogen and oxygen atoms in total. The first kappa shape index (κ1) is 41.8. The van der Waals surface area contributed by atoms with Gasteiger partial charge in [0.05, 0.1) is 0 Å². The van der Waals surface area contributed by atoms with Crippen LogP contribution in [0.2, 0.25) is 3.63 Å². The van der Waals surface area contributed by atoms with Gasteiger partial charge >= 0.3 is 358 Å². The number of rotatable bonds is 6. The van der Waals surface area contributed by atoms with Crippen LogP contribution in [-0.2, 0) is 44.4 Å². The van der Waals surface area contributed by atoms with E-state index in [2.05, 4.69) is 102 Å². The Morgan fingerprint density at radius 2 is 0.850 bits per heavy atom. The van der Waals surface area contributed by atoms with Crippen molar-refractivity contribution in [2.75, 3.05) is 0 Å². The van der Waals surface area contributed by atoms with Crippen molar-refractivity contribution in [3.63, 3.8) is 0 Å². The minimum atomic E-state index is -4.65. The van der Waals surface area contributed by atoms with Gasteiger partial charge in [-0.1, -0.05) is 0 Å². The molecule has 0 bridgehead atoms. The van der Waals surface area contributed by atoms with E-state index in [-0.39, 0.29) is 18.1 Å². The number of benzene rings is 6. The van der Waals surface area contributed by atoms with Crippen molar-refractivity contribution in [1.82, 2.24) is 0 Å². The molecule has 2 aliphatic rings. The van der Waals surface area contributed by atoms with Crippen molar-refractivity contribution in [3.8, 4) is 33.4 Å². The number of alkyl halides is 6. The fourth-order valence-corrected chi connectivity index (χ4v) is 18.2. The molecule has 6 aromatic rings. The van der Waals surface area contributed by atoms with Crippen LogP contribution in [0.4, 0.5) is 26.3 Å². The van der Waals surface area contributed by atoms with Crippen LogP contribution >= 0.6 is 0 Å². The maximum absolute atomic E-state index is 14.6. The summed E-state index contributed by atoms with van der Waals surface area (Å²) in [6, 6.07) is 40.1. The van der Waals surface area contributed by atoms with Gasteiger partial charge in [0, 0.05) is 0 Å². The molecule has 0 saturated carbocycles. The first-order chi connectivity index (χ1) is 28.3. The quantitative estimate of drug-likeness (QED) is 0.146. The molecule has 60 heavy (non-hydrogen) atoms. The Hall–Kier alpha value is -4.87. The Bertz CT molecular complexity index is 2510. The first-order valence-electron chi connectivity index (χ1n) is 20.2. The zero-order chi connectivity index (χ0) is 42.8. The van der Waals surface area contributed by atoms with Gasteiger partial charge in [0.2, 0.25) is 0 Å². The predicted octanol–water partition coefficient (Wildman–Crippen LogP) is 15.5. The van der Waals surface area contributed by atoms with Gasteiger partial charge in [-0.25, -0.2) is 0 Å². The van der Waals surface area contributed by atoms with E-state index in [1.54, 1.807) is 12.1 Å². The summed E-state index contributed by atoms with van der Waals surface area (Å²) in [7, 11) is 0. The van der Waals surface area contributed by atoms with Crippen LogP contribution in [0.15, 0.2) is 158 Å². The standard InChI is InChI=1S/C33H33.C15H8F6.C5H5.Zr/c1-32(2,3)30-20-26-24(18-28(30)22-13-9-7-10-14-22)17-25-19-29(23-15-11-8-12-16-23)31(21-27(25)26)33(4,5)6;16-14(17,18)12-5-1-3-10(8-12)7-11-4-2-6-13(9-11)15(19,20)21;1-2-4-5-3-1;/h7-21H,1-6H3;1-6,8-9H;1-5H;. The molecule has 0 heterocycles. The van der Waals surface area contributed by atoms with Crippen LogP contribution in [0.1, 0.15) is 89.7 Å². The average Bonchev–Trinajstić information content (AvgIpc) is 3.85. The number of hydrogen-bond donors (Lipinski definition) is 0. The molecule has 0 radical (unpaired) electrons. The summed E-state index contributed by atoms with van der Waals surface area (Å²) in [4.78, 5) is 0. The third-order valence-electron chi connectivity index (χ3n) is 11.7. The molecule has 8 rings (SSSR count). The van der Waals surface area contributed by atoms with E-state index in [1.165, 1.54) is 12.1 Å². The van der Waals surface area contributed by atoms with Crippen LogP contribution in [0, 0.1) is 0 Å². The SMILES string of the molecule is CC(C)(C)c1cc2c(cc1-c1ccccc1)[CH]([Zr](=[C](c1cccc(C(F)(F)F)c1)c1cccc(C(F)(F)F)c1)[CH]1C=CC=C1)c1cc(-c3ccccc3)c(C(C)(C)C)cc1-2. The van der Waals surface area contributed by atoms with Crippen LogP contribution < -0.4 is 0 Å². The van der Waals surface area contributed by atoms with Gasteiger partial charge in [-0.3, -0.25) is 0 Å². The molecular formula is C53H46F6Zr. The Morgan fingerprint density at radius 3 is 1.22 bits per heavy atom. The fourth-order valence-electron chi connectivity index (χ4n) is 8.98. The summed E-state index contributed by atoms with van der Waals surface area (Å²) >= 11 is -3.79. The summed E-state index contributed by atoms with van der Waals surface area (Å²) in [6.07, 6.45) is -1.16. The minimum absolute atomic E-state index is 0.180. The average molecular weight is 888 g/mol. The monoisotopic (exact) mass is 886 g/mol. The molecule has 6 aromatic carbocycles. The third kappa shape index (κ3) is 8.03. The van der Waals surface area contributed by atoms with Gasteiger partial charge in [0.1, 0.15) is 0 Å². The second kappa shape index (κ2) is 15.6. The van der Waals surface area contributed by atoms with E-state index in [0.717, 1.165) is 79.9 Å². The van der Waals surface area contributed by atoms with Crippen molar-refractivity contribution in [2.45, 2.75) is 72.0 Å². The van der Waals surface area contributed by atoms with Crippen molar-refractivity contribution in [3.05, 3.63) is 202 Å². The zero-order valence-corrected chi connectivity index (χ0v) is 36.9. The molecule has 0 atom stereocenters. The van der Waals surface area contributed by atoms with Crippen LogP contribution in [-0.4, -0.2) is 3.21 Å². The van der Waals surface area contributed by atoms with Crippen molar-refractivity contribution in [2.24, 2.45) is 0 Å². The summed E-state index contributed by atoms with van der Waals surface area (Å²) < 4.78 is 87.5. The Balaban J connectivity index is 1.57. The van der Waals surface area contributed by atoms with Crippen LogP contribution in [0.5, 0.6) is 0 Å². The summed E-state index contributed by atoms with van der Waals surface area (Å²) in [6.45, 7) is 13.2. The molecule has 0 aromatic heterocycles. The van der Waals surface area contributed by atoms with Crippen molar-refractivity contribution >= 4 is 3.21 Å². The molecule has 2 aliphatic carbocycles. The first-order valence-corrected chi connectivity index (χ1v) is 24.3. The molecule has 304 valence electrons. The van der Waals surface area contributed by atoms with E-state index < -0.39 is 44.7 Å². The number of hydrogen-bond acceptors (Lipinski definition) is 0. The van der Waals surface area contributed by atoms with Crippen LogP contribution in [0.25, 0.3) is 33.4 Å². The van der Waals surface area contributed by atoms with Gasteiger partial charge in [-0.15, -0.1) is 0 Å². The molecule has 0 spiro atoms. The molecular weight excluding hydrogens is 842 g/mol. The molecule has 0 unspecified atom stereocenters. The van der Waals surface area contributed by atoms with Gasteiger partial charge in [0.15, 0.2) is 0 Å². The normalized spacial score (nSPS) is 14.4. The third-order valence-corrected chi connectivity index (χ3v) is 20.3. The Labute approximate surface area is 356 Å². The van der Waals surface area contributed by atoms with Gasteiger partial charge < -0.3 is 0 Å². The van der Waals surface area contributed by atoms with Crippen molar-refractivity contribution < 1.29 is 47.6 Å². The molecule has 0 N–H and O–H groups in total. The zero-order valence-electron chi connectivity index (χ0n) is 34.4. The Morgan fingerprint density at radius 1 is 0.450 bits per heavy atom. The van der Waals surface area contributed by atoms with Gasteiger partial charge in [-0.05, 0) is 0 Å². The van der Waals surface area contributed by atoms with E-state index in [1.807, 2.05) is 48.6 Å². The second-order valence-electron chi connectivity index (χ2n) is 17.9. The molecule has 0 saturated heterocycles. The van der Waals surface area contributed by atoms with Gasteiger partial charge in [0.25, 0.3) is 0 Å². The van der Waals surface area contributed by atoms with Crippen LogP contribution in [0.3, 0.4) is 0 Å². The topological polar surface area (TPSA) is 0 Å². The van der Waals surface area contributed by atoms with E-state index in [0.29, 0.717) is 14.3 Å².